The molecule has 1 aromatic heterocycles. The third kappa shape index (κ3) is 1.91. The van der Waals surface area contributed by atoms with E-state index in [0.29, 0.717) is 6.54 Å². The lowest BCUT2D eigenvalue weighted by atomic mass is 10.2. The second-order valence-corrected chi connectivity index (χ2v) is 2.84. The zero-order valence-electron chi connectivity index (χ0n) is 6.17. The van der Waals surface area contributed by atoms with Gasteiger partial charge < -0.3 is 10.5 Å². The third-order valence-corrected chi connectivity index (χ3v) is 1.79. The van der Waals surface area contributed by atoms with Crippen LogP contribution in [0.4, 0.5) is 0 Å². The van der Waals surface area contributed by atoms with Gasteiger partial charge in [-0.2, -0.15) is 0 Å². The van der Waals surface area contributed by atoms with Gasteiger partial charge in [0.25, 0.3) is 0 Å². The van der Waals surface area contributed by atoms with Gasteiger partial charge in [0.2, 0.25) is 0 Å². The molecule has 0 aliphatic carbocycles. The Kier molecular flexibility index (Phi) is 2.84. The van der Waals surface area contributed by atoms with Crippen molar-refractivity contribution in [2.45, 2.75) is 6.54 Å². The summed E-state index contributed by atoms with van der Waals surface area (Å²) >= 11 is 3.24. The second-order valence-electron chi connectivity index (χ2n) is 2.02. The lowest BCUT2D eigenvalue weighted by Gasteiger charge is -2.04. The van der Waals surface area contributed by atoms with Gasteiger partial charge in [-0.15, -0.1) is 0 Å². The molecule has 0 aliphatic heterocycles. The summed E-state index contributed by atoms with van der Waals surface area (Å²) in [6.07, 6.45) is 1.65. The first-order chi connectivity index (χ1) is 5.27. The topological polar surface area (TPSA) is 48.1 Å². The van der Waals surface area contributed by atoms with Crippen LogP contribution in [0.3, 0.4) is 0 Å². The fraction of sp³-hybridized carbons (Fsp3) is 0.286. The quantitative estimate of drug-likeness (QED) is 0.759. The minimum absolute atomic E-state index is 0.463. The van der Waals surface area contributed by atoms with Crippen molar-refractivity contribution in [2.24, 2.45) is 5.73 Å². The van der Waals surface area contributed by atoms with E-state index in [-0.39, 0.29) is 0 Å². The molecule has 0 bridgehead atoms. The third-order valence-electron chi connectivity index (χ3n) is 1.35. The van der Waals surface area contributed by atoms with Crippen LogP contribution in [-0.2, 0) is 6.54 Å². The van der Waals surface area contributed by atoms with E-state index in [1.807, 2.05) is 6.07 Å². The number of ether oxygens (including phenoxy) is 1. The van der Waals surface area contributed by atoms with Gasteiger partial charge in [0, 0.05) is 12.1 Å². The predicted octanol–water partition coefficient (Wildman–Crippen LogP) is 1.31. The highest BCUT2D eigenvalue weighted by Crippen LogP contribution is 2.19. The number of rotatable bonds is 2. The summed E-state index contributed by atoms with van der Waals surface area (Å²) in [6, 6.07) is 1.85. The van der Waals surface area contributed by atoms with Crippen LogP contribution in [0.15, 0.2) is 16.9 Å². The van der Waals surface area contributed by atoms with Crippen molar-refractivity contribution in [2.75, 3.05) is 7.11 Å². The maximum atomic E-state index is 5.47. The zero-order chi connectivity index (χ0) is 8.27. The molecule has 0 spiro atoms. The van der Waals surface area contributed by atoms with E-state index in [0.717, 1.165) is 15.9 Å². The average molecular weight is 217 g/mol. The number of methoxy groups -OCH3 is 1. The molecule has 1 aromatic rings. The van der Waals surface area contributed by atoms with Crippen LogP contribution in [0.1, 0.15) is 5.56 Å². The first kappa shape index (κ1) is 8.49. The van der Waals surface area contributed by atoms with Crippen LogP contribution >= 0.6 is 15.9 Å². The van der Waals surface area contributed by atoms with Crippen molar-refractivity contribution >= 4 is 15.9 Å². The predicted molar refractivity (Wildman–Crippen MR) is 46.4 cm³/mol. The first-order valence-corrected chi connectivity index (χ1v) is 3.95. The van der Waals surface area contributed by atoms with Crippen LogP contribution in [0.2, 0.25) is 0 Å². The lowest BCUT2D eigenvalue weighted by molar-refractivity contribution is 0.407. The van der Waals surface area contributed by atoms with Crippen molar-refractivity contribution in [1.82, 2.24) is 4.98 Å². The number of pyridine rings is 1. The molecule has 3 nitrogen and oxygen atoms in total. The van der Waals surface area contributed by atoms with Crippen molar-refractivity contribution in [3.63, 3.8) is 0 Å². The van der Waals surface area contributed by atoms with Crippen LogP contribution in [0.5, 0.6) is 5.75 Å². The standard InChI is InChI=1S/C7H9BrN2O/c1-11-6-4-10-7(8)2-5(6)3-9/h2,4H,3,9H2,1H3. The Morgan fingerprint density at radius 3 is 3.00 bits per heavy atom. The summed E-state index contributed by atoms with van der Waals surface area (Å²) in [4.78, 5) is 3.99. The highest BCUT2D eigenvalue weighted by molar-refractivity contribution is 9.10. The number of hydrogen-bond acceptors (Lipinski definition) is 3. The fourth-order valence-corrected chi connectivity index (χ4v) is 1.18. The Hall–Kier alpha value is -0.610. The molecule has 1 heterocycles. The average Bonchev–Trinajstić information content (AvgIpc) is 2.04. The molecular weight excluding hydrogens is 208 g/mol. The van der Waals surface area contributed by atoms with Gasteiger partial charge in [0.15, 0.2) is 0 Å². The van der Waals surface area contributed by atoms with Gasteiger partial charge >= 0.3 is 0 Å². The van der Waals surface area contributed by atoms with Crippen LogP contribution in [0, 0.1) is 0 Å². The van der Waals surface area contributed by atoms with E-state index in [4.69, 9.17) is 10.5 Å². The summed E-state index contributed by atoms with van der Waals surface area (Å²) in [5, 5.41) is 0. The molecule has 0 saturated carbocycles. The number of nitrogens with zero attached hydrogens (tertiary/aromatic N) is 1. The Labute approximate surface area is 73.7 Å². The number of nitrogens with two attached hydrogens (primary N) is 1. The van der Waals surface area contributed by atoms with Gasteiger partial charge in [0.05, 0.1) is 13.3 Å². The van der Waals surface area contributed by atoms with E-state index in [1.165, 1.54) is 0 Å². The summed E-state index contributed by atoms with van der Waals surface area (Å²) in [5.41, 5.74) is 6.42. The van der Waals surface area contributed by atoms with Crippen molar-refractivity contribution in [1.29, 1.82) is 0 Å². The molecule has 60 valence electrons. The number of aromatic nitrogens is 1. The van der Waals surface area contributed by atoms with Crippen molar-refractivity contribution in [3.05, 3.63) is 22.4 Å². The van der Waals surface area contributed by atoms with E-state index in [1.54, 1.807) is 13.3 Å². The second kappa shape index (κ2) is 3.69. The molecule has 0 unspecified atom stereocenters. The van der Waals surface area contributed by atoms with Crippen LogP contribution in [-0.4, -0.2) is 12.1 Å². The van der Waals surface area contributed by atoms with Gasteiger partial charge in [-0.25, -0.2) is 4.98 Å². The molecule has 0 saturated heterocycles. The molecule has 0 aliphatic rings. The molecule has 0 atom stereocenters. The smallest absolute Gasteiger partial charge is 0.141 e. The summed E-state index contributed by atoms with van der Waals surface area (Å²) in [5.74, 6) is 0.732. The summed E-state index contributed by atoms with van der Waals surface area (Å²) in [7, 11) is 1.60. The fourth-order valence-electron chi connectivity index (χ4n) is 0.799. The van der Waals surface area contributed by atoms with Crippen LogP contribution < -0.4 is 10.5 Å². The van der Waals surface area contributed by atoms with E-state index < -0.39 is 0 Å². The van der Waals surface area contributed by atoms with Crippen LogP contribution in [0.25, 0.3) is 0 Å². The normalized spacial score (nSPS) is 9.73. The SMILES string of the molecule is COc1cnc(Br)cc1CN. The molecule has 0 fully saturated rings. The molecule has 11 heavy (non-hydrogen) atoms. The van der Waals surface area contributed by atoms with Gasteiger partial charge in [-0.3, -0.25) is 0 Å². The lowest BCUT2D eigenvalue weighted by Crippen LogP contribution is -2.00. The van der Waals surface area contributed by atoms with Crippen molar-refractivity contribution < 1.29 is 4.74 Å². The molecule has 0 radical (unpaired) electrons. The maximum absolute atomic E-state index is 5.47. The molecular formula is C7H9BrN2O. The van der Waals surface area contributed by atoms with Gasteiger partial charge in [0.1, 0.15) is 10.4 Å². The highest BCUT2D eigenvalue weighted by Gasteiger charge is 2.01. The molecule has 2 N–H and O–H groups in total. The minimum Gasteiger partial charge on any atom is -0.495 e. The monoisotopic (exact) mass is 216 g/mol. The van der Waals surface area contributed by atoms with E-state index in [9.17, 15) is 0 Å². The molecule has 0 aromatic carbocycles. The number of halogens is 1. The first-order valence-electron chi connectivity index (χ1n) is 3.16. The Balaban J connectivity index is 3.06. The summed E-state index contributed by atoms with van der Waals surface area (Å²) in [6.45, 7) is 0.463. The van der Waals surface area contributed by atoms with E-state index in [2.05, 4.69) is 20.9 Å². The van der Waals surface area contributed by atoms with Crippen molar-refractivity contribution in [3.8, 4) is 5.75 Å². The minimum atomic E-state index is 0.463. The number of hydrogen-bond donors (Lipinski definition) is 1. The van der Waals surface area contributed by atoms with Gasteiger partial charge in [-0.05, 0) is 22.0 Å². The summed E-state index contributed by atoms with van der Waals surface area (Å²) < 4.78 is 5.80. The Bertz CT molecular complexity index is 252. The molecule has 1 rings (SSSR count). The molecule has 0 amide bonds. The molecule has 4 heteroatoms. The zero-order valence-corrected chi connectivity index (χ0v) is 7.76. The maximum Gasteiger partial charge on any atom is 0.141 e. The Morgan fingerprint density at radius 2 is 2.45 bits per heavy atom. The largest absolute Gasteiger partial charge is 0.495 e. The highest BCUT2D eigenvalue weighted by atomic mass is 79.9. The van der Waals surface area contributed by atoms with Gasteiger partial charge in [-0.1, -0.05) is 0 Å². The van der Waals surface area contributed by atoms with E-state index >= 15 is 0 Å². The Morgan fingerprint density at radius 1 is 1.73 bits per heavy atom.